The summed E-state index contributed by atoms with van der Waals surface area (Å²) < 4.78 is 8.65. The first-order valence-corrected chi connectivity index (χ1v) is 7.36. The van der Waals surface area contributed by atoms with Gasteiger partial charge < -0.3 is 4.74 Å². The molecule has 0 radical (unpaired) electrons. The van der Waals surface area contributed by atoms with E-state index in [0.29, 0.717) is 6.61 Å². The summed E-state index contributed by atoms with van der Waals surface area (Å²) in [5, 5.41) is 0. The van der Waals surface area contributed by atoms with Crippen molar-refractivity contribution in [2.24, 2.45) is 0 Å². The third-order valence-corrected chi connectivity index (χ3v) is 5.37. The zero-order valence-corrected chi connectivity index (χ0v) is 13.5. The van der Waals surface area contributed by atoms with Crippen LogP contribution in [-0.4, -0.2) is 0 Å². The van der Waals surface area contributed by atoms with Gasteiger partial charge in [0.15, 0.2) is 0 Å². The van der Waals surface area contributed by atoms with Crippen LogP contribution in [-0.2, 0) is 6.61 Å². The predicted octanol–water partition coefficient (Wildman–Crippen LogP) is 5.55. The van der Waals surface area contributed by atoms with Gasteiger partial charge in [-0.15, -0.1) is 0 Å². The Morgan fingerprint density at radius 2 is 1.47 bits per heavy atom. The van der Waals surface area contributed by atoms with Crippen molar-refractivity contribution in [2.75, 3.05) is 0 Å². The van der Waals surface area contributed by atoms with Gasteiger partial charge in [-0.2, -0.15) is 0 Å². The lowest BCUT2D eigenvalue weighted by Gasteiger charge is -2.08. The molecule has 1 nitrogen and oxygen atoms in total. The largest absolute Gasteiger partial charge is 0.489 e. The fourth-order valence-electron chi connectivity index (χ4n) is 1.36. The highest BCUT2D eigenvalue weighted by Gasteiger charge is 2.05. The second-order valence-electron chi connectivity index (χ2n) is 3.48. The van der Waals surface area contributed by atoms with E-state index in [4.69, 9.17) is 4.74 Å². The van der Waals surface area contributed by atoms with Gasteiger partial charge in [0, 0.05) is 13.4 Å². The number of rotatable bonds is 3. The summed E-state index contributed by atoms with van der Waals surface area (Å²) in [5.41, 5.74) is 1.16. The molecule has 0 bridgehead atoms. The molecule has 0 amide bonds. The maximum Gasteiger partial charge on any atom is 0.122 e. The van der Waals surface area contributed by atoms with Crippen molar-refractivity contribution >= 4 is 47.8 Å². The number of benzene rings is 2. The zero-order valence-electron chi connectivity index (χ0n) is 8.79. The summed E-state index contributed by atoms with van der Waals surface area (Å²) in [6, 6.07) is 14.0. The van der Waals surface area contributed by atoms with Crippen LogP contribution in [0.5, 0.6) is 5.75 Å². The third kappa shape index (κ3) is 3.57. The summed E-state index contributed by atoms with van der Waals surface area (Å²) in [6.45, 7) is 0.571. The third-order valence-electron chi connectivity index (χ3n) is 2.21. The van der Waals surface area contributed by atoms with E-state index in [1.54, 1.807) is 0 Å². The molecule has 0 heterocycles. The van der Waals surface area contributed by atoms with Crippen LogP contribution in [0.25, 0.3) is 0 Å². The Morgan fingerprint density at radius 3 is 2.06 bits per heavy atom. The van der Waals surface area contributed by atoms with Gasteiger partial charge in [-0.05, 0) is 65.5 Å². The van der Waals surface area contributed by atoms with Gasteiger partial charge in [0.1, 0.15) is 12.4 Å². The van der Waals surface area contributed by atoms with Crippen LogP contribution in [0.15, 0.2) is 55.9 Å². The minimum Gasteiger partial charge on any atom is -0.489 e. The second kappa shape index (κ2) is 6.03. The topological polar surface area (TPSA) is 9.23 Å². The van der Waals surface area contributed by atoms with Crippen molar-refractivity contribution in [3.8, 4) is 5.75 Å². The maximum absolute atomic E-state index is 5.73. The molecule has 2 aromatic rings. The van der Waals surface area contributed by atoms with Crippen LogP contribution < -0.4 is 4.74 Å². The predicted molar refractivity (Wildman–Crippen MR) is 80.3 cm³/mol. The summed E-state index contributed by atoms with van der Waals surface area (Å²) in [5.74, 6) is 0.829. The van der Waals surface area contributed by atoms with Gasteiger partial charge in [0.25, 0.3) is 0 Å². The molecule has 0 aromatic heterocycles. The molecule has 2 aromatic carbocycles. The summed E-state index contributed by atoms with van der Waals surface area (Å²) in [6.07, 6.45) is 0. The van der Waals surface area contributed by atoms with Gasteiger partial charge in [0.2, 0.25) is 0 Å². The van der Waals surface area contributed by atoms with Crippen LogP contribution in [0.2, 0.25) is 0 Å². The van der Waals surface area contributed by atoms with E-state index in [0.717, 1.165) is 24.7 Å². The Balaban J connectivity index is 2.10. The molecule has 0 spiro atoms. The normalized spacial score (nSPS) is 10.3. The van der Waals surface area contributed by atoms with Gasteiger partial charge in [0.05, 0.1) is 0 Å². The molecule has 2 rings (SSSR count). The van der Waals surface area contributed by atoms with E-state index in [9.17, 15) is 0 Å². The fraction of sp³-hybridized carbons (Fsp3) is 0.0769. The van der Waals surface area contributed by atoms with E-state index in [1.807, 2.05) is 42.5 Å². The molecular formula is C13H9Br3O. The van der Waals surface area contributed by atoms with Crippen LogP contribution in [0, 0.1) is 0 Å². The Labute approximate surface area is 126 Å². The molecule has 0 unspecified atom stereocenters. The monoisotopic (exact) mass is 418 g/mol. The van der Waals surface area contributed by atoms with Crippen molar-refractivity contribution in [3.63, 3.8) is 0 Å². The molecule has 4 heteroatoms. The lowest BCUT2D eigenvalue weighted by molar-refractivity contribution is 0.306. The summed E-state index contributed by atoms with van der Waals surface area (Å²) in [4.78, 5) is 0. The van der Waals surface area contributed by atoms with Crippen LogP contribution in [0.3, 0.4) is 0 Å². The minimum absolute atomic E-state index is 0.571. The molecule has 0 aliphatic carbocycles. The molecule has 0 aliphatic heterocycles. The first kappa shape index (κ1) is 13.1. The van der Waals surface area contributed by atoms with Crippen molar-refractivity contribution in [3.05, 3.63) is 61.4 Å². The summed E-state index contributed by atoms with van der Waals surface area (Å²) >= 11 is 10.4. The minimum atomic E-state index is 0.571. The standard InChI is InChI=1S/C13H9Br3O/c14-11-6-10(7-12(15)13(11)16)17-8-9-4-2-1-3-5-9/h1-7H,8H2. The molecule has 0 atom stereocenters. The van der Waals surface area contributed by atoms with Crippen molar-refractivity contribution < 1.29 is 4.74 Å². The lowest BCUT2D eigenvalue weighted by atomic mass is 10.2. The van der Waals surface area contributed by atoms with E-state index >= 15 is 0 Å². The van der Waals surface area contributed by atoms with Gasteiger partial charge in [-0.3, -0.25) is 0 Å². The highest BCUT2D eigenvalue weighted by atomic mass is 79.9. The molecule has 0 aliphatic rings. The average molecular weight is 421 g/mol. The molecule has 0 N–H and O–H groups in total. The Bertz CT molecular complexity index is 488. The molecular weight excluding hydrogens is 412 g/mol. The highest BCUT2D eigenvalue weighted by molar-refractivity contribution is 9.14. The second-order valence-corrected chi connectivity index (χ2v) is 5.98. The molecule has 0 saturated heterocycles. The first-order chi connectivity index (χ1) is 8.16. The van der Waals surface area contributed by atoms with Crippen LogP contribution in [0.1, 0.15) is 5.56 Å². The van der Waals surface area contributed by atoms with Crippen molar-refractivity contribution in [1.29, 1.82) is 0 Å². The van der Waals surface area contributed by atoms with E-state index in [-0.39, 0.29) is 0 Å². The zero-order chi connectivity index (χ0) is 12.3. The van der Waals surface area contributed by atoms with E-state index < -0.39 is 0 Å². The molecule has 0 saturated carbocycles. The average Bonchev–Trinajstić information content (AvgIpc) is 2.34. The smallest absolute Gasteiger partial charge is 0.122 e. The molecule has 0 fully saturated rings. The SMILES string of the molecule is Brc1cc(OCc2ccccc2)cc(Br)c1Br. The van der Waals surface area contributed by atoms with Gasteiger partial charge in [-0.1, -0.05) is 30.3 Å². The number of hydrogen-bond donors (Lipinski definition) is 0. The first-order valence-electron chi connectivity index (χ1n) is 4.98. The van der Waals surface area contributed by atoms with Crippen LogP contribution >= 0.6 is 47.8 Å². The molecule has 88 valence electrons. The quantitative estimate of drug-likeness (QED) is 0.591. The Morgan fingerprint density at radius 1 is 0.882 bits per heavy atom. The lowest BCUT2D eigenvalue weighted by Crippen LogP contribution is -1.95. The maximum atomic E-state index is 5.73. The van der Waals surface area contributed by atoms with Crippen molar-refractivity contribution in [1.82, 2.24) is 0 Å². The fourth-order valence-corrected chi connectivity index (χ4v) is 2.73. The highest BCUT2D eigenvalue weighted by Crippen LogP contribution is 2.35. The Kier molecular flexibility index (Phi) is 4.65. The van der Waals surface area contributed by atoms with Crippen molar-refractivity contribution in [2.45, 2.75) is 6.61 Å². The van der Waals surface area contributed by atoms with E-state index in [2.05, 4.69) is 47.8 Å². The molecule has 17 heavy (non-hydrogen) atoms. The van der Waals surface area contributed by atoms with Gasteiger partial charge >= 0.3 is 0 Å². The van der Waals surface area contributed by atoms with Crippen LogP contribution in [0.4, 0.5) is 0 Å². The number of ether oxygens (including phenoxy) is 1. The van der Waals surface area contributed by atoms with Gasteiger partial charge in [-0.25, -0.2) is 0 Å². The number of hydrogen-bond acceptors (Lipinski definition) is 1. The van der Waals surface area contributed by atoms with E-state index in [1.165, 1.54) is 0 Å². The summed E-state index contributed by atoms with van der Waals surface area (Å²) in [7, 11) is 0. The Hall–Kier alpha value is -0.320. The number of halogens is 3.